The van der Waals surface area contributed by atoms with Crippen LogP contribution in [0.1, 0.15) is 10.9 Å². The van der Waals surface area contributed by atoms with Gasteiger partial charge in [0, 0.05) is 5.75 Å². The number of carboxylic acids is 1. The van der Waals surface area contributed by atoms with Gasteiger partial charge in [-0.25, -0.2) is 0 Å². The van der Waals surface area contributed by atoms with Crippen molar-refractivity contribution in [2.45, 2.75) is 11.4 Å². The van der Waals surface area contributed by atoms with Crippen molar-refractivity contribution >= 4 is 29.1 Å². The van der Waals surface area contributed by atoms with E-state index in [1.165, 1.54) is 5.56 Å². The lowest BCUT2D eigenvalue weighted by Gasteiger charge is -2.08. The third kappa shape index (κ3) is 1.87. The van der Waals surface area contributed by atoms with Crippen molar-refractivity contribution in [3.63, 3.8) is 0 Å². The fraction of sp³-hybridized carbons (Fsp3) is 0.375. The number of aliphatic carboxylic acids is 1. The molecule has 0 bridgehead atoms. The Hall–Kier alpha value is -0.520. The molecule has 1 saturated heterocycles. The topological polar surface area (TPSA) is 49.3 Å². The van der Waals surface area contributed by atoms with Gasteiger partial charge in [-0.05, 0) is 22.4 Å². The van der Waals surface area contributed by atoms with E-state index in [9.17, 15) is 4.79 Å². The smallest absolute Gasteiger partial charge is 0.321 e. The molecule has 13 heavy (non-hydrogen) atoms. The molecule has 1 fully saturated rings. The maximum absolute atomic E-state index is 10.6. The van der Waals surface area contributed by atoms with Crippen molar-refractivity contribution in [1.29, 1.82) is 0 Å². The summed E-state index contributed by atoms with van der Waals surface area (Å²) in [5.41, 5.74) is 1.18. The van der Waals surface area contributed by atoms with Gasteiger partial charge in [0.05, 0.1) is 5.37 Å². The molecule has 5 heteroatoms. The van der Waals surface area contributed by atoms with Crippen molar-refractivity contribution in [3.05, 3.63) is 22.4 Å². The maximum atomic E-state index is 10.6. The van der Waals surface area contributed by atoms with Crippen LogP contribution in [-0.4, -0.2) is 22.9 Å². The molecule has 2 N–H and O–H groups in total. The first-order chi connectivity index (χ1) is 6.27. The van der Waals surface area contributed by atoms with Crippen LogP contribution in [0, 0.1) is 0 Å². The van der Waals surface area contributed by atoms with Gasteiger partial charge in [0.15, 0.2) is 0 Å². The van der Waals surface area contributed by atoms with Crippen LogP contribution in [0.15, 0.2) is 16.8 Å². The quantitative estimate of drug-likeness (QED) is 0.785. The molecule has 1 aliphatic rings. The Morgan fingerprint density at radius 3 is 3.08 bits per heavy atom. The highest BCUT2D eigenvalue weighted by Gasteiger charge is 2.30. The Morgan fingerprint density at radius 2 is 2.54 bits per heavy atom. The first-order valence-corrected chi connectivity index (χ1v) is 5.89. The molecule has 1 aliphatic heterocycles. The predicted octanol–water partition coefficient (Wildman–Crippen LogP) is 1.54. The molecule has 0 spiro atoms. The summed E-state index contributed by atoms with van der Waals surface area (Å²) < 4.78 is 0. The number of thioether (sulfide) groups is 1. The molecule has 0 aliphatic carbocycles. The minimum Gasteiger partial charge on any atom is -0.480 e. The van der Waals surface area contributed by atoms with Gasteiger partial charge in [0.1, 0.15) is 6.04 Å². The van der Waals surface area contributed by atoms with Gasteiger partial charge in [0.25, 0.3) is 0 Å². The molecule has 1 aromatic rings. The average molecular weight is 215 g/mol. The van der Waals surface area contributed by atoms with Crippen LogP contribution >= 0.6 is 23.1 Å². The van der Waals surface area contributed by atoms with Crippen molar-refractivity contribution < 1.29 is 9.90 Å². The third-order valence-electron chi connectivity index (χ3n) is 1.93. The van der Waals surface area contributed by atoms with E-state index >= 15 is 0 Å². The number of hydrogen-bond acceptors (Lipinski definition) is 4. The van der Waals surface area contributed by atoms with E-state index in [-0.39, 0.29) is 5.37 Å². The minimum atomic E-state index is -0.759. The first kappa shape index (κ1) is 9.05. The molecule has 0 amide bonds. The van der Waals surface area contributed by atoms with Crippen LogP contribution in [0.2, 0.25) is 0 Å². The predicted molar refractivity (Wildman–Crippen MR) is 54.1 cm³/mol. The van der Waals surface area contributed by atoms with Crippen LogP contribution in [0.4, 0.5) is 0 Å². The maximum Gasteiger partial charge on any atom is 0.321 e. The lowest BCUT2D eigenvalue weighted by molar-refractivity contribution is -0.138. The zero-order valence-electron chi connectivity index (χ0n) is 6.77. The van der Waals surface area contributed by atoms with Gasteiger partial charge in [-0.1, -0.05) is 0 Å². The normalized spacial score (nSPS) is 27.7. The number of carbonyl (C=O) groups is 1. The summed E-state index contributed by atoms with van der Waals surface area (Å²) in [6, 6.07) is 1.63. The lowest BCUT2D eigenvalue weighted by Crippen LogP contribution is -2.33. The van der Waals surface area contributed by atoms with Gasteiger partial charge < -0.3 is 5.11 Å². The summed E-state index contributed by atoms with van der Waals surface area (Å²) in [6.45, 7) is 0. The monoisotopic (exact) mass is 215 g/mol. The molecule has 70 valence electrons. The number of hydrogen-bond donors (Lipinski definition) is 2. The van der Waals surface area contributed by atoms with E-state index < -0.39 is 12.0 Å². The fourth-order valence-corrected chi connectivity index (χ4v) is 3.23. The molecule has 0 saturated carbocycles. The summed E-state index contributed by atoms with van der Waals surface area (Å²) in [5.74, 6) is -0.110. The van der Waals surface area contributed by atoms with E-state index in [0.29, 0.717) is 5.75 Å². The first-order valence-electron chi connectivity index (χ1n) is 3.90. The van der Waals surface area contributed by atoms with E-state index in [1.807, 2.05) is 11.4 Å². The van der Waals surface area contributed by atoms with Gasteiger partial charge in [-0.3, -0.25) is 10.1 Å². The largest absolute Gasteiger partial charge is 0.480 e. The number of thiophene rings is 1. The Kier molecular flexibility index (Phi) is 2.57. The zero-order chi connectivity index (χ0) is 9.26. The second kappa shape index (κ2) is 3.69. The van der Waals surface area contributed by atoms with E-state index in [2.05, 4.69) is 10.7 Å². The van der Waals surface area contributed by atoms with Crippen molar-refractivity contribution in [2.24, 2.45) is 0 Å². The van der Waals surface area contributed by atoms with Gasteiger partial charge in [-0.2, -0.15) is 11.3 Å². The molecule has 2 atom stereocenters. The second-order valence-corrected chi connectivity index (χ2v) is 4.75. The minimum absolute atomic E-state index is 0.160. The van der Waals surface area contributed by atoms with Crippen LogP contribution in [0.3, 0.4) is 0 Å². The standard InChI is InChI=1S/C8H9NO2S2/c10-8(11)6-4-13-7(9-6)5-1-2-12-3-5/h1-3,6-7,9H,4H2,(H,10,11)/t6-,7-/m1/s1. The Morgan fingerprint density at radius 1 is 1.69 bits per heavy atom. The van der Waals surface area contributed by atoms with E-state index in [0.717, 1.165) is 0 Å². The highest BCUT2D eigenvalue weighted by atomic mass is 32.2. The molecule has 3 nitrogen and oxygen atoms in total. The summed E-state index contributed by atoms with van der Waals surface area (Å²) in [5, 5.41) is 16.0. The average Bonchev–Trinajstić information content (AvgIpc) is 2.75. The van der Waals surface area contributed by atoms with Gasteiger partial charge in [0.2, 0.25) is 0 Å². The molecule has 0 radical (unpaired) electrons. The van der Waals surface area contributed by atoms with Crippen molar-refractivity contribution in [3.8, 4) is 0 Å². The molecule has 0 unspecified atom stereocenters. The third-order valence-corrected chi connectivity index (χ3v) is 3.89. The highest BCUT2D eigenvalue weighted by molar-refractivity contribution is 7.99. The molecule has 0 aromatic carbocycles. The van der Waals surface area contributed by atoms with Crippen molar-refractivity contribution in [2.75, 3.05) is 5.75 Å². The molecule has 2 rings (SSSR count). The number of rotatable bonds is 2. The van der Waals surface area contributed by atoms with Crippen LogP contribution in [-0.2, 0) is 4.79 Å². The summed E-state index contributed by atoms with van der Waals surface area (Å²) >= 11 is 3.29. The fourth-order valence-electron chi connectivity index (χ4n) is 1.23. The number of carboxylic acid groups (broad SMARTS) is 1. The van der Waals surface area contributed by atoms with E-state index in [4.69, 9.17) is 5.11 Å². The summed E-state index contributed by atoms with van der Waals surface area (Å²) in [7, 11) is 0. The molecular formula is C8H9NO2S2. The Bertz CT molecular complexity index is 299. The zero-order valence-corrected chi connectivity index (χ0v) is 8.40. The Labute approximate surface area is 84.2 Å². The van der Waals surface area contributed by atoms with E-state index in [1.54, 1.807) is 23.1 Å². The van der Waals surface area contributed by atoms with Crippen LogP contribution in [0.25, 0.3) is 0 Å². The Balaban J connectivity index is 2.03. The second-order valence-electron chi connectivity index (χ2n) is 2.83. The van der Waals surface area contributed by atoms with Crippen molar-refractivity contribution in [1.82, 2.24) is 5.32 Å². The van der Waals surface area contributed by atoms with Gasteiger partial charge >= 0.3 is 5.97 Å². The SMILES string of the molecule is O=C(O)[C@H]1CS[C@H](c2ccsc2)N1. The molecule has 2 heterocycles. The number of nitrogens with one attached hydrogen (secondary N) is 1. The van der Waals surface area contributed by atoms with Crippen LogP contribution in [0.5, 0.6) is 0 Å². The molecular weight excluding hydrogens is 206 g/mol. The lowest BCUT2D eigenvalue weighted by atomic mass is 10.3. The summed E-state index contributed by atoms with van der Waals surface area (Å²) in [4.78, 5) is 10.6. The molecule has 1 aromatic heterocycles. The van der Waals surface area contributed by atoms with Crippen LogP contribution < -0.4 is 5.32 Å². The highest BCUT2D eigenvalue weighted by Crippen LogP contribution is 2.33. The van der Waals surface area contributed by atoms with Gasteiger partial charge in [-0.15, -0.1) is 11.8 Å². The summed E-state index contributed by atoms with van der Waals surface area (Å²) in [6.07, 6.45) is 0.